The Morgan fingerprint density at radius 2 is 1.93 bits per heavy atom. The lowest BCUT2D eigenvalue weighted by atomic mass is 10.1. The monoisotopic (exact) mass is 199 g/mol. The quantitative estimate of drug-likeness (QED) is 0.567. The van der Waals surface area contributed by atoms with Crippen molar-refractivity contribution in [3.05, 3.63) is 47.8 Å². The molecule has 2 heteroatoms. The Hall–Kier alpha value is -1.83. The number of aryl methyl sites for hydroxylation is 1. The van der Waals surface area contributed by atoms with Crippen LogP contribution in [0.25, 0.3) is 21.8 Å². The molecule has 0 unspecified atom stereocenters. The number of hydrogen-bond acceptors (Lipinski definition) is 0. The molecular weight excluding hydrogens is 189 g/mol. The molecule has 0 atom stereocenters. The van der Waals surface area contributed by atoms with Crippen molar-refractivity contribution in [2.75, 3.05) is 0 Å². The van der Waals surface area contributed by atoms with Crippen molar-refractivity contribution >= 4 is 21.8 Å². The van der Waals surface area contributed by atoms with Crippen molar-refractivity contribution in [2.45, 2.75) is 6.92 Å². The Morgan fingerprint density at radius 1 is 1.07 bits per heavy atom. The van der Waals surface area contributed by atoms with Crippen LogP contribution in [0, 0.1) is 12.7 Å². The molecule has 1 heterocycles. The molecule has 2 aromatic carbocycles. The first-order valence-electron chi connectivity index (χ1n) is 4.92. The lowest BCUT2D eigenvalue weighted by Crippen LogP contribution is -1.73. The first kappa shape index (κ1) is 8.48. The van der Waals surface area contributed by atoms with Gasteiger partial charge in [-0.05, 0) is 30.7 Å². The number of hydrogen-bond donors (Lipinski definition) is 1. The van der Waals surface area contributed by atoms with Gasteiger partial charge in [0, 0.05) is 21.8 Å². The third-order valence-electron chi connectivity index (χ3n) is 2.80. The largest absolute Gasteiger partial charge is 0.354 e. The van der Waals surface area contributed by atoms with Gasteiger partial charge in [0.1, 0.15) is 5.82 Å². The Bertz CT molecular complexity index is 652. The van der Waals surface area contributed by atoms with Gasteiger partial charge in [0.25, 0.3) is 0 Å². The van der Waals surface area contributed by atoms with Gasteiger partial charge in [-0.2, -0.15) is 0 Å². The molecule has 0 aliphatic carbocycles. The molecule has 1 N–H and O–H groups in total. The van der Waals surface area contributed by atoms with Crippen LogP contribution < -0.4 is 0 Å². The first-order valence-corrected chi connectivity index (χ1v) is 4.92. The number of halogens is 1. The van der Waals surface area contributed by atoms with Crippen molar-refractivity contribution < 1.29 is 4.39 Å². The van der Waals surface area contributed by atoms with Gasteiger partial charge in [0.15, 0.2) is 0 Å². The van der Waals surface area contributed by atoms with E-state index in [1.165, 1.54) is 11.6 Å². The molecule has 15 heavy (non-hydrogen) atoms. The Kier molecular flexibility index (Phi) is 1.60. The molecule has 0 radical (unpaired) electrons. The van der Waals surface area contributed by atoms with Gasteiger partial charge < -0.3 is 4.98 Å². The van der Waals surface area contributed by atoms with Crippen molar-refractivity contribution in [3.63, 3.8) is 0 Å². The number of H-pyrrole nitrogens is 1. The van der Waals surface area contributed by atoms with Crippen LogP contribution in [0.4, 0.5) is 4.39 Å². The predicted octanol–water partition coefficient (Wildman–Crippen LogP) is 3.77. The second-order valence-electron chi connectivity index (χ2n) is 3.81. The first-order chi connectivity index (χ1) is 7.25. The normalized spacial score (nSPS) is 11.3. The van der Waals surface area contributed by atoms with Crippen LogP contribution in [0.2, 0.25) is 0 Å². The van der Waals surface area contributed by atoms with Crippen LogP contribution in [0.15, 0.2) is 36.4 Å². The SMILES string of the molecule is Cc1cccc2c1[nH]c1ccc(F)cc12. The second kappa shape index (κ2) is 2.83. The average Bonchev–Trinajstić information content (AvgIpc) is 2.58. The van der Waals surface area contributed by atoms with Gasteiger partial charge in [-0.15, -0.1) is 0 Å². The van der Waals surface area contributed by atoms with Gasteiger partial charge in [-0.25, -0.2) is 4.39 Å². The molecule has 0 bridgehead atoms. The van der Waals surface area contributed by atoms with E-state index in [-0.39, 0.29) is 5.82 Å². The number of aromatic nitrogens is 1. The summed E-state index contributed by atoms with van der Waals surface area (Å²) in [5.41, 5.74) is 3.27. The third-order valence-corrected chi connectivity index (χ3v) is 2.80. The molecule has 0 fully saturated rings. The summed E-state index contributed by atoms with van der Waals surface area (Å²) in [6, 6.07) is 10.9. The molecule has 1 nitrogen and oxygen atoms in total. The van der Waals surface area contributed by atoms with Crippen molar-refractivity contribution in [2.24, 2.45) is 0 Å². The number of aromatic amines is 1. The highest BCUT2D eigenvalue weighted by molar-refractivity contribution is 6.08. The lowest BCUT2D eigenvalue weighted by molar-refractivity contribution is 0.630. The minimum absolute atomic E-state index is 0.190. The summed E-state index contributed by atoms with van der Waals surface area (Å²) in [5.74, 6) is -0.190. The zero-order valence-electron chi connectivity index (χ0n) is 8.34. The maximum absolute atomic E-state index is 13.1. The van der Waals surface area contributed by atoms with Crippen LogP contribution in [0.5, 0.6) is 0 Å². The number of rotatable bonds is 0. The van der Waals surface area contributed by atoms with Crippen molar-refractivity contribution in [3.8, 4) is 0 Å². The maximum atomic E-state index is 13.1. The fourth-order valence-corrected chi connectivity index (χ4v) is 2.04. The number of para-hydroxylation sites is 1. The highest BCUT2D eigenvalue weighted by Crippen LogP contribution is 2.27. The molecule has 0 saturated carbocycles. The van der Waals surface area contributed by atoms with Crippen LogP contribution in [-0.2, 0) is 0 Å². The summed E-state index contributed by atoms with van der Waals surface area (Å²) in [6.07, 6.45) is 0. The maximum Gasteiger partial charge on any atom is 0.123 e. The van der Waals surface area contributed by atoms with Gasteiger partial charge >= 0.3 is 0 Å². The standard InChI is InChI=1S/C13H10FN/c1-8-3-2-4-10-11-7-9(14)5-6-12(11)15-13(8)10/h2-7,15H,1H3. The number of benzene rings is 2. The lowest BCUT2D eigenvalue weighted by Gasteiger charge is -1.93. The minimum atomic E-state index is -0.190. The molecule has 3 rings (SSSR count). The van der Waals surface area contributed by atoms with Crippen molar-refractivity contribution in [1.82, 2.24) is 4.98 Å². The summed E-state index contributed by atoms with van der Waals surface area (Å²) in [5, 5.41) is 2.04. The van der Waals surface area contributed by atoms with E-state index in [0.29, 0.717) is 0 Å². The van der Waals surface area contributed by atoms with Crippen LogP contribution in [-0.4, -0.2) is 4.98 Å². The Morgan fingerprint density at radius 3 is 2.80 bits per heavy atom. The number of fused-ring (bicyclic) bond motifs is 3. The van der Waals surface area contributed by atoms with E-state index in [2.05, 4.69) is 4.98 Å². The second-order valence-corrected chi connectivity index (χ2v) is 3.81. The van der Waals surface area contributed by atoms with E-state index in [1.807, 2.05) is 25.1 Å². The molecule has 1 aromatic heterocycles. The summed E-state index contributed by atoms with van der Waals surface area (Å²) in [6.45, 7) is 2.05. The fourth-order valence-electron chi connectivity index (χ4n) is 2.04. The van der Waals surface area contributed by atoms with E-state index in [1.54, 1.807) is 12.1 Å². The summed E-state index contributed by atoms with van der Waals surface area (Å²) < 4.78 is 13.1. The molecule has 0 saturated heterocycles. The van der Waals surface area contributed by atoms with E-state index in [4.69, 9.17) is 0 Å². The molecule has 0 amide bonds. The summed E-state index contributed by atoms with van der Waals surface area (Å²) in [4.78, 5) is 3.31. The smallest absolute Gasteiger partial charge is 0.123 e. The third kappa shape index (κ3) is 1.14. The van der Waals surface area contributed by atoms with Crippen LogP contribution in [0.3, 0.4) is 0 Å². The predicted molar refractivity (Wildman–Crippen MR) is 60.5 cm³/mol. The molecule has 0 aliphatic rings. The van der Waals surface area contributed by atoms with E-state index >= 15 is 0 Å². The highest BCUT2D eigenvalue weighted by Gasteiger charge is 2.05. The zero-order chi connectivity index (χ0) is 10.4. The van der Waals surface area contributed by atoms with Gasteiger partial charge in [-0.3, -0.25) is 0 Å². The molecular formula is C13H10FN. The number of nitrogens with one attached hydrogen (secondary N) is 1. The highest BCUT2D eigenvalue weighted by atomic mass is 19.1. The van der Waals surface area contributed by atoms with Gasteiger partial charge in [0.2, 0.25) is 0 Å². The molecule has 74 valence electrons. The zero-order valence-corrected chi connectivity index (χ0v) is 8.34. The van der Waals surface area contributed by atoms with Gasteiger partial charge in [-0.1, -0.05) is 18.2 Å². The van der Waals surface area contributed by atoms with E-state index in [9.17, 15) is 4.39 Å². The topological polar surface area (TPSA) is 15.8 Å². The van der Waals surface area contributed by atoms with Gasteiger partial charge in [0.05, 0.1) is 0 Å². The van der Waals surface area contributed by atoms with E-state index in [0.717, 1.165) is 21.8 Å². The fraction of sp³-hybridized carbons (Fsp3) is 0.0769. The van der Waals surface area contributed by atoms with Crippen LogP contribution in [0.1, 0.15) is 5.56 Å². The van der Waals surface area contributed by atoms with E-state index < -0.39 is 0 Å². The minimum Gasteiger partial charge on any atom is -0.354 e. The molecule has 0 aliphatic heterocycles. The van der Waals surface area contributed by atoms with Crippen LogP contribution >= 0.6 is 0 Å². The summed E-state index contributed by atoms with van der Waals surface area (Å²) >= 11 is 0. The summed E-state index contributed by atoms with van der Waals surface area (Å²) in [7, 11) is 0. The molecule has 0 spiro atoms. The Balaban J connectivity index is 2.58. The van der Waals surface area contributed by atoms with Crippen molar-refractivity contribution in [1.29, 1.82) is 0 Å². The molecule has 3 aromatic rings. The Labute approximate surface area is 86.5 Å². The average molecular weight is 199 g/mol.